The van der Waals surface area contributed by atoms with Gasteiger partial charge in [0, 0.05) is 46.2 Å². The highest BCUT2D eigenvalue weighted by molar-refractivity contribution is 7.15. The number of rotatable bonds is 4. The molecule has 0 spiro atoms. The van der Waals surface area contributed by atoms with Gasteiger partial charge in [-0.05, 0) is 30.3 Å². The van der Waals surface area contributed by atoms with Crippen molar-refractivity contribution < 1.29 is 9.84 Å². The Balaban J connectivity index is 1.73. The van der Waals surface area contributed by atoms with E-state index in [0.29, 0.717) is 19.9 Å². The van der Waals surface area contributed by atoms with E-state index >= 15 is 0 Å². The standard InChI is InChI=1S/C21H21N5O2S/c27-12-14-1-2-18(29-14)16-11-19(26-7-9-28-10-8-26)25-20-15(16)3-6-23-21(20)17-4-5-22-13-24-17/h1-6,11,24,27H,7-10,12-13H2. The van der Waals surface area contributed by atoms with Crippen LogP contribution >= 0.6 is 11.3 Å². The number of anilines is 1. The van der Waals surface area contributed by atoms with Gasteiger partial charge < -0.3 is 20.1 Å². The number of aliphatic imine (C=N–C) groups is 1. The molecule has 148 valence electrons. The van der Waals surface area contributed by atoms with Crippen LogP contribution in [-0.2, 0) is 11.3 Å². The molecular formula is C21H21N5O2S. The summed E-state index contributed by atoms with van der Waals surface area (Å²) in [7, 11) is 0. The van der Waals surface area contributed by atoms with E-state index in [1.807, 2.05) is 24.4 Å². The molecule has 29 heavy (non-hydrogen) atoms. The lowest BCUT2D eigenvalue weighted by molar-refractivity contribution is 0.122. The first-order valence-electron chi connectivity index (χ1n) is 9.60. The van der Waals surface area contributed by atoms with Crippen molar-refractivity contribution in [1.29, 1.82) is 0 Å². The minimum atomic E-state index is 0.0486. The molecule has 2 N–H and O–H groups in total. The molecule has 0 amide bonds. The van der Waals surface area contributed by atoms with Crippen molar-refractivity contribution in [2.24, 2.45) is 4.99 Å². The van der Waals surface area contributed by atoms with Crippen LogP contribution in [0.2, 0.25) is 0 Å². The van der Waals surface area contributed by atoms with Crippen molar-refractivity contribution in [2.45, 2.75) is 6.61 Å². The van der Waals surface area contributed by atoms with E-state index in [9.17, 15) is 5.11 Å². The first kappa shape index (κ1) is 18.2. The maximum Gasteiger partial charge on any atom is 0.130 e. The predicted octanol–water partition coefficient (Wildman–Crippen LogP) is 2.66. The van der Waals surface area contributed by atoms with Crippen LogP contribution in [0.3, 0.4) is 0 Å². The molecule has 0 aromatic carbocycles. The second-order valence-electron chi connectivity index (χ2n) is 6.85. The molecule has 0 radical (unpaired) electrons. The van der Waals surface area contributed by atoms with E-state index < -0.39 is 0 Å². The van der Waals surface area contributed by atoms with E-state index in [4.69, 9.17) is 9.72 Å². The second-order valence-corrected chi connectivity index (χ2v) is 8.02. The smallest absolute Gasteiger partial charge is 0.130 e. The number of aliphatic hydroxyl groups excluding tert-OH is 1. The quantitative estimate of drug-likeness (QED) is 0.692. The lowest BCUT2D eigenvalue weighted by Gasteiger charge is -2.28. The van der Waals surface area contributed by atoms with Gasteiger partial charge in [0.1, 0.15) is 23.7 Å². The molecule has 3 aromatic heterocycles. The van der Waals surface area contributed by atoms with Gasteiger partial charge in [0.15, 0.2) is 0 Å². The van der Waals surface area contributed by atoms with Gasteiger partial charge in [-0.1, -0.05) is 0 Å². The van der Waals surface area contributed by atoms with Crippen molar-refractivity contribution >= 4 is 40.0 Å². The fraction of sp³-hybridized carbons (Fsp3) is 0.286. The van der Waals surface area contributed by atoms with E-state index in [2.05, 4.69) is 32.3 Å². The van der Waals surface area contributed by atoms with Gasteiger partial charge >= 0.3 is 0 Å². The van der Waals surface area contributed by atoms with Crippen LogP contribution < -0.4 is 10.2 Å². The van der Waals surface area contributed by atoms with Gasteiger partial charge in [0.2, 0.25) is 0 Å². The maximum absolute atomic E-state index is 9.52. The van der Waals surface area contributed by atoms with E-state index in [-0.39, 0.29) is 6.61 Å². The number of thiophene rings is 1. The Hall–Kier alpha value is -2.81. The molecule has 1 saturated heterocycles. The molecule has 0 saturated carbocycles. The van der Waals surface area contributed by atoms with Crippen molar-refractivity contribution in [1.82, 2.24) is 15.3 Å². The summed E-state index contributed by atoms with van der Waals surface area (Å²) in [6, 6.07) is 8.21. The van der Waals surface area contributed by atoms with Gasteiger partial charge in [-0.15, -0.1) is 11.3 Å². The molecular weight excluding hydrogens is 386 g/mol. The van der Waals surface area contributed by atoms with Crippen molar-refractivity contribution in [3.05, 3.63) is 47.1 Å². The summed E-state index contributed by atoms with van der Waals surface area (Å²) in [5.74, 6) is 0.925. The average molecular weight is 407 g/mol. The Labute approximate surface area is 172 Å². The molecule has 0 bridgehead atoms. The van der Waals surface area contributed by atoms with Crippen LogP contribution in [0.25, 0.3) is 27.0 Å². The number of allylic oxidation sites excluding steroid dienone is 1. The monoisotopic (exact) mass is 407 g/mol. The number of hydrogen-bond acceptors (Lipinski definition) is 8. The Bertz CT molecular complexity index is 1100. The fourth-order valence-corrected chi connectivity index (χ4v) is 4.53. The van der Waals surface area contributed by atoms with Gasteiger partial charge in [0.05, 0.1) is 25.5 Å². The number of fused-ring (bicyclic) bond motifs is 1. The first-order valence-corrected chi connectivity index (χ1v) is 10.4. The minimum Gasteiger partial charge on any atom is -0.391 e. The van der Waals surface area contributed by atoms with Crippen molar-refractivity contribution in [2.75, 3.05) is 37.9 Å². The third kappa shape index (κ3) is 3.50. The molecule has 1 fully saturated rings. The number of pyridine rings is 2. The normalized spacial score (nSPS) is 16.7. The lowest BCUT2D eigenvalue weighted by Crippen LogP contribution is -2.36. The van der Waals surface area contributed by atoms with E-state index in [0.717, 1.165) is 56.5 Å². The summed E-state index contributed by atoms with van der Waals surface area (Å²) in [6.45, 7) is 3.61. The average Bonchev–Trinajstić information content (AvgIpc) is 3.28. The van der Waals surface area contributed by atoms with Gasteiger partial charge in [-0.25, -0.2) is 4.98 Å². The number of aromatic nitrogens is 2. The summed E-state index contributed by atoms with van der Waals surface area (Å²) in [6.07, 6.45) is 5.56. The largest absolute Gasteiger partial charge is 0.391 e. The van der Waals surface area contributed by atoms with Crippen LogP contribution in [0.15, 0.2) is 41.5 Å². The van der Waals surface area contributed by atoms with Crippen LogP contribution in [-0.4, -0.2) is 54.3 Å². The highest BCUT2D eigenvalue weighted by Gasteiger charge is 2.20. The first-order chi connectivity index (χ1) is 14.3. The lowest BCUT2D eigenvalue weighted by atomic mass is 10.1. The van der Waals surface area contributed by atoms with Crippen LogP contribution in [0.1, 0.15) is 10.6 Å². The number of ether oxygens (including phenoxy) is 1. The molecule has 7 nitrogen and oxygen atoms in total. The molecule has 5 heterocycles. The maximum atomic E-state index is 9.52. The zero-order valence-electron chi connectivity index (χ0n) is 15.8. The van der Waals surface area contributed by atoms with E-state index in [1.165, 1.54) is 0 Å². The highest BCUT2D eigenvalue weighted by atomic mass is 32.1. The summed E-state index contributed by atoms with van der Waals surface area (Å²) < 4.78 is 5.52. The number of morpholine rings is 1. The minimum absolute atomic E-state index is 0.0486. The van der Waals surface area contributed by atoms with E-state index in [1.54, 1.807) is 17.6 Å². The molecule has 0 unspecified atom stereocenters. The molecule has 2 aliphatic heterocycles. The Morgan fingerprint density at radius 1 is 1.21 bits per heavy atom. The Morgan fingerprint density at radius 3 is 2.86 bits per heavy atom. The fourth-order valence-electron chi connectivity index (χ4n) is 3.63. The van der Waals surface area contributed by atoms with Crippen molar-refractivity contribution in [3.63, 3.8) is 0 Å². The highest BCUT2D eigenvalue weighted by Crippen LogP contribution is 2.37. The van der Waals surface area contributed by atoms with Crippen LogP contribution in [0, 0.1) is 0 Å². The molecule has 3 aromatic rings. The Morgan fingerprint density at radius 2 is 2.10 bits per heavy atom. The second kappa shape index (κ2) is 7.90. The molecule has 2 aliphatic rings. The number of aliphatic hydroxyl groups is 1. The number of nitrogens with zero attached hydrogens (tertiary/aromatic N) is 4. The molecule has 8 heteroatoms. The molecule has 0 aliphatic carbocycles. The van der Waals surface area contributed by atoms with Gasteiger partial charge in [-0.3, -0.25) is 9.98 Å². The number of hydrogen-bond donors (Lipinski definition) is 2. The summed E-state index contributed by atoms with van der Waals surface area (Å²) in [5, 5.41) is 13.9. The third-order valence-corrected chi connectivity index (χ3v) is 6.20. The van der Waals surface area contributed by atoms with Crippen LogP contribution in [0.5, 0.6) is 0 Å². The SMILES string of the molecule is OCc1ccc(-c2cc(N3CCOCC3)nc3c(C4=CC=NCN4)nccc23)s1. The van der Waals surface area contributed by atoms with Gasteiger partial charge in [-0.2, -0.15) is 0 Å². The Kier molecular flexibility index (Phi) is 4.97. The third-order valence-electron chi connectivity index (χ3n) is 5.09. The zero-order valence-corrected chi connectivity index (χ0v) is 16.7. The summed E-state index contributed by atoms with van der Waals surface area (Å²) >= 11 is 1.60. The molecule has 0 atom stereocenters. The van der Waals surface area contributed by atoms with Gasteiger partial charge in [0.25, 0.3) is 0 Å². The predicted molar refractivity (Wildman–Crippen MR) is 116 cm³/mol. The van der Waals surface area contributed by atoms with Crippen molar-refractivity contribution in [3.8, 4) is 10.4 Å². The number of nitrogens with one attached hydrogen (secondary N) is 1. The summed E-state index contributed by atoms with van der Waals surface area (Å²) in [5.41, 5.74) is 3.71. The topological polar surface area (TPSA) is 82.9 Å². The molecule has 5 rings (SSSR count). The van der Waals surface area contributed by atoms with Crippen LogP contribution in [0.4, 0.5) is 5.82 Å². The zero-order chi connectivity index (χ0) is 19.6. The summed E-state index contributed by atoms with van der Waals surface area (Å²) in [4.78, 5) is 18.2.